The fraction of sp³-hybridized carbons (Fsp3) is 0.238. The Morgan fingerprint density at radius 3 is 2.52 bits per heavy atom. The van der Waals surface area contributed by atoms with Gasteiger partial charge in [0.25, 0.3) is 0 Å². The molecule has 0 unspecified atom stereocenters. The second-order valence-corrected chi connectivity index (χ2v) is 6.09. The molecule has 0 atom stereocenters. The van der Waals surface area contributed by atoms with E-state index in [1.165, 1.54) is 31.4 Å². The summed E-state index contributed by atoms with van der Waals surface area (Å²) in [5.41, 5.74) is 1.93. The summed E-state index contributed by atoms with van der Waals surface area (Å²) in [5.74, 6) is 0.594. The Labute approximate surface area is 167 Å². The van der Waals surface area contributed by atoms with Crippen LogP contribution in [0, 0.1) is 5.82 Å². The van der Waals surface area contributed by atoms with Crippen LogP contribution in [0.15, 0.2) is 47.0 Å². The first-order valence-electron chi connectivity index (χ1n) is 8.86. The Kier molecular flexibility index (Phi) is 6.33. The lowest BCUT2D eigenvalue weighted by molar-refractivity contribution is 0.0602. The highest BCUT2D eigenvalue weighted by molar-refractivity contribution is 6.00. The lowest BCUT2D eigenvalue weighted by Crippen LogP contribution is -2.10. The van der Waals surface area contributed by atoms with Gasteiger partial charge in [-0.25, -0.2) is 9.18 Å². The van der Waals surface area contributed by atoms with Gasteiger partial charge in [-0.15, -0.1) is 0 Å². The van der Waals surface area contributed by atoms with E-state index in [9.17, 15) is 9.18 Å². The number of benzene rings is 2. The van der Waals surface area contributed by atoms with Crippen molar-refractivity contribution in [2.75, 3.05) is 33.2 Å². The first-order chi connectivity index (χ1) is 14.1. The molecule has 29 heavy (non-hydrogen) atoms. The van der Waals surface area contributed by atoms with E-state index in [1.807, 2.05) is 12.1 Å². The predicted octanol–water partition coefficient (Wildman–Crippen LogP) is 3.94. The van der Waals surface area contributed by atoms with Gasteiger partial charge >= 0.3 is 5.97 Å². The molecule has 1 aromatic heterocycles. The lowest BCUT2D eigenvalue weighted by Gasteiger charge is -2.11. The van der Waals surface area contributed by atoms with Crippen molar-refractivity contribution in [3.05, 3.63) is 59.4 Å². The maximum Gasteiger partial charge on any atom is 0.345 e. The number of nitrogens with one attached hydrogen (secondary N) is 1. The van der Waals surface area contributed by atoms with E-state index in [1.54, 1.807) is 20.3 Å². The number of esters is 1. The van der Waals surface area contributed by atoms with Crippen LogP contribution in [0.2, 0.25) is 0 Å². The minimum Gasteiger partial charge on any atom is -0.497 e. The van der Waals surface area contributed by atoms with Crippen LogP contribution in [-0.2, 0) is 11.2 Å². The smallest absolute Gasteiger partial charge is 0.345 e. The minimum absolute atomic E-state index is 0.154. The average Bonchev–Trinajstić information content (AvgIpc) is 3.17. The molecule has 0 aliphatic rings. The van der Waals surface area contributed by atoms with Crippen LogP contribution < -0.4 is 14.8 Å². The predicted molar refractivity (Wildman–Crippen MR) is 105 cm³/mol. The van der Waals surface area contributed by atoms with Crippen LogP contribution in [0.3, 0.4) is 0 Å². The van der Waals surface area contributed by atoms with Crippen LogP contribution in [0.1, 0.15) is 15.9 Å². The van der Waals surface area contributed by atoms with Crippen molar-refractivity contribution in [1.82, 2.24) is 5.16 Å². The molecule has 0 fully saturated rings. The number of hydrogen-bond acceptors (Lipinski definition) is 7. The Hall–Kier alpha value is -3.55. The van der Waals surface area contributed by atoms with Crippen molar-refractivity contribution in [2.45, 2.75) is 6.42 Å². The molecular weight excluding hydrogens is 379 g/mol. The molecule has 0 aliphatic heterocycles. The number of nitrogens with zero attached hydrogens (tertiary/aromatic N) is 1. The standard InChI is InChI=1S/C21H21FN2O5/c1-26-16-9-6-13(17(12-16)27-2)10-11-23-20-18(21(25)28-3)19(24-29-20)14-4-7-15(22)8-5-14/h4-9,12,23H,10-11H2,1-3H3. The zero-order valence-electron chi connectivity index (χ0n) is 16.3. The number of halogens is 1. The Morgan fingerprint density at radius 2 is 1.86 bits per heavy atom. The van der Waals surface area contributed by atoms with E-state index in [0.717, 1.165) is 5.56 Å². The molecule has 1 N–H and O–H groups in total. The summed E-state index contributed by atoms with van der Waals surface area (Å²) in [4.78, 5) is 12.3. The number of aromatic nitrogens is 1. The number of rotatable bonds is 8. The molecular formula is C21H21FN2O5. The van der Waals surface area contributed by atoms with E-state index >= 15 is 0 Å². The van der Waals surface area contributed by atoms with Crippen molar-refractivity contribution in [2.24, 2.45) is 0 Å². The molecule has 152 valence electrons. The summed E-state index contributed by atoms with van der Waals surface area (Å²) < 4.78 is 34.0. The summed E-state index contributed by atoms with van der Waals surface area (Å²) in [6.07, 6.45) is 0.598. The first-order valence-corrected chi connectivity index (χ1v) is 8.86. The third kappa shape index (κ3) is 4.48. The van der Waals surface area contributed by atoms with Crippen molar-refractivity contribution in [1.29, 1.82) is 0 Å². The van der Waals surface area contributed by atoms with E-state index in [0.29, 0.717) is 30.0 Å². The van der Waals surface area contributed by atoms with Gasteiger partial charge in [0, 0.05) is 18.2 Å². The third-order valence-corrected chi connectivity index (χ3v) is 4.37. The molecule has 3 aromatic rings. The zero-order chi connectivity index (χ0) is 20.8. The molecule has 2 aromatic carbocycles. The monoisotopic (exact) mass is 400 g/mol. The number of anilines is 1. The van der Waals surface area contributed by atoms with Gasteiger partial charge in [-0.3, -0.25) is 0 Å². The molecule has 8 heteroatoms. The normalized spacial score (nSPS) is 10.5. The summed E-state index contributed by atoms with van der Waals surface area (Å²) in [6, 6.07) is 11.2. The van der Waals surface area contributed by atoms with E-state index in [-0.39, 0.29) is 23.0 Å². The fourth-order valence-electron chi connectivity index (χ4n) is 2.88. The highest BCUT2D eigenvalue weighted by Gasteiger charge is 2.25. The number of ether oxygens (including phenoxy) is 3. The molecule has 0 spiro atoms. The molecule has 3 rings (SSSR count). The fourth-order valence-corrected chi connectivity index (χ4v) is 2.88. The summed E-state index contributed by atoms with van der Waals surface area (Å²) in [5, 5.41) is 7.03. The Balaban J connectivity index is 1.79. The molecule has 0 radical (unpaired) electrons. The van der Waals surface area contributed by atoms with Crippen molar-refractivity contribution in [3.8, 4) is 22.8 Å². The molecule has 7 nitrogen and oxygen atoms in total. The first kappa shape index (κ1) is 20.2. The Bertz CT molecular complexity index is 985. The highest BCUT2D eigenvalue weighted by atomic mass is 19.1. The number of hydrogen-bond donors (Lipinski definition) is 1. The maximum absolute atomic E-state index is 13.2. The molecule has 0 aliphatic carbocycles. The van der Waals surface area contributed by atoms with Gasteiger partial charge in [0.05, 0.1) is 21.3 Å². The highest BCUT2D eigenvalue weighted by Crippen LogP contribution is 2.30. The van der Waals surface area contributed by atoms with Gasteiger partial charge in [-0.1, -0.05) is 11.2 Å². The Morgan fingerprint density at radius 1 is 1.10 bits per heavy atom. The number of carbonyl (C=O) groups excluding carboxylic acids is 1. The van der Waals surface area contributed by atoms with Crippen molar-refractivity contribution in [3.63, 3.8) is 0 Å². The maximum atomic E-state index is 13.2. The molecule has 0 amide bonds. The summed E-state index contributed by atoms with van der Waals surface area (Å²) in [6.45, 7) is 0.449. The largest absolute Gasteiger partial charge is 0.497 e. The lowest BCUT2D eigenvalue weighted by atomic mass is 10.1. The molecule has 0 saturated heterocycles. The second-order valence-electron chi connectivity index (χ2n) is 6.09. The van der Waals surface area contributed by atoms with Crippen molar-refractivity contribution < 1.29 is 27.9 Å². The average molecular weight is 400 g/mol. The molecule has 0 saturated carbocycles. The van der Waals surface area contributed by atoms with E-state index < -0.39 is 5.97 Å². The van der Waals surface area contributed by atoms with Gasteiger partial charge in [-0.2, -0.15) is 0 Å². The number of carbonyl (C=O) groups is 1. The van der Waals surface area contributed by atoms with Gasteiger partial charge in [0.1, 0.15) is 23.0 Å². The SMILES string of the molecule is COC(=O)c1c(-c2ccc(F)cc2)noc1NCCc1ccc(OC)cc1OC. The minimum atomic E-state index is -0.602. The van der Waals surface area contributed by atoms with Gasteiger partial charge in [0.15, 0.2) is 5.56 Å². The van der Waals surface area contributed by atoms with Gasteiger partial charge < -0.3 is 24.1 Å². The molecule has 0 bridgehead atoms. The van der Waals surface area contributed by atoms with Gasteiger partial charge in [-0.05, 0) is 42.3 Å². The number of methoxy groups -OCH3 is 3. The summed E-state index contributed by atoms with van der Waals surface area (Å²) in [7, 11) is 4.45. The zero-order valence-corrected chi connectivity index (χ0v) is 16.3. The van der Waals surface area contributed by atoms with Crippen LogP contribution >= 0.6 is 0 Å². The van der Waals surface area contributed by atoms with E-state index in [2.05, 4.69) is 10.5 Å². The van der Waals surface area contributed by atoms with E-state index in [4.69, 9.17) is 18.7 Å². The van der Waals surface area contributed by atoms with Gasteiger partial charge in [0.2, 0.25) is 5.88 Å². The molecule has 1 heterocycles. The second kappa shape index (κ2) is 9.09. The van der Waals surface area contributed by atoms with Crippen molar-refractivity contribution >= 4 is 11.9 Å². The van der Waals surface area contributed by atoms with Crippen LogP contribution in [0.25, 0.3) is 11.3 Å². The van der Waals surface area contributed by atoms with Crippen LogP contribution in [0.5, 0.6) is 11.5 Å². The quantitative estimate of drug-likeness (QED) is 0.574. The van der Waals surface area contributed by atoms with Crippen LogP contribution in [0.4, 0.5) is 10.3 Å². The third-order valence-electron chi connectivity index (χ3n) is 4.37. The topological polar surface area (TPSA) is 82.8 Å². The summed E-state index contributed by atoms with van der Waals surface area (Å²) >= 11 is 0. The van der Waals surface area contributed by atoms with Crippen LogP contribution in [-0.4, -0.2) is 39.0 Å².